The van der Waals surface area contributed by atoms with Crippen LogP contribution in [-0.2, 0) is 4.79 Å². The summed E-state index contributed by atoms with van der Waals surface area (Å²) < 4.78 is 24.0. The summed E-state index contributed by atoms with van der Waals surface area (Å²) in [5.74, 6) is -1.44. The van der Waals surface area contributed by atoms with Crippen LogP contribution in [0.2, 0.25) is 0 Å². The lowest BCUT2D eigenvalue weighted by Gasteiger charge is -2.28. The lowest BCUT2D eigenvalue weighted by Crippen LogP contribution is -2.35. The van der Waals surface area contributed by atoms with Crippen molar-refractivity contribution in [3.8, 4) is 0 Å². The molecular formula is C8H14F2O2. The largest absolute Gasteiger partial charge is 0.481 e. The fraction of sp³-hybridized carbons (Fsp3) is 0.875. The normalized spacial score (nSPS) is 16.6. The maximum atomic E-state index is 12.0. The lowest BCUT2D eigenvalue weighted by molar-refractivity contribution is -0.153. The highest BCUT2D eigenvalue weighted by Crippen LogP contribution is 2.33. The summed E-state index contributed by atoms with van der Waals surface area (Å²) in [5, 5.41) is 8.72. The molecule has 72 valence electrons. The van der Waals surface area contributed by atoms with E-state index in [1.165, 1.54) is 6.92 Å². The predicted molar refractivity (Wildman–Crippen MR) is 41.2 cm³/mol. The predicted octanol–water partition coefficient (Wildman–Crippen LogP) is 2.39. The average Bonchev–Trinajstić information content (AvgIpc) is 1.84. The third-order valence-corrected chi connectivity index (χ3v) is 2.34. The summed E-state index contributed by atoms with van der Waals surface area (Å²) in [7, 11) is 0. The van der Waals surface area contributed by atoms with Crippen LogP contribution in [0.25, 0.3) is 0 Å². The van der Waals surface area contributed by atoms with E-state index >= 15 is 0 Å². The number of hydrogen-bond donors (Lipinski definition) is 1. The molecule has 1 N–H and O–H groups in total. The lowest BCUT2D eigenvalue weighted by atomic mass is 9.76. The zero-order valence-corrected chi connectivity index (χ0v) is 7.47. The Bertz CT molecular complexity index is 168. The Balaban J connectivity index is 4.51. The van der Waals surface area contributed by atoms with Gasteiger partial charge >= 0.3 is 5.97 Å². The summed E-state index contributed by atoms with van der Waals surface area (Å²) >= 11 is 0. The van der Waals surface area contributed by atoms with E-state index in [1.807, 2.05) is 0 Å². The van der Waals surface area contributed by atoms with Gasteiger partial charge in [-0.15, -0.1) is 0 Å². The molecule has 2 nitrogen and oxygen atoms in total. The van der Waals surface area contributed by atoms with Gasteiger partial charge < -0.3 is 5.11 Å². The van der Waals surface area contributed by atoms with Crippen molar-refractivity contribution in [2.45, 2.75) is 33.6 Å². The summed E-state index contributed by atoms with van der Waals surface area (Å²) in [4.78, 5) is 10.7. The van der Waals surface area contributed by atoms with Gasteiger partial charge in [-0.2, -0.15) is 0 Å². The van der Waals surface area contributed by atoms with Crippen molar-refractivity contribution in [1.82, 2.24) is 0 Å². The van der Waals surface area contributed by atoms with E-state index in [0.29, 0.717) is 0 Å². The Morgan fingerprint density at radius 1 is 1.50 bits per heavy atom. The van der Waals surface area contributed by atoms with E-state index in [1.54, 1.807) is 13.8 Å². The van der Waals surface area contributed by atoms with Crippen LogP contribution >= 0.6 is 0 Å². The molecule has 0 saturated heterocycles. The van der Waals surface area contributed by atoms with Crippen molar-refractivity contribution in [3.05, 3.63) is 0 Å². The molecule has 0 aromatic carbocycles. The number of carboxylic acids is 1. The van der Waals surface area contributed by atoms with Crippen molar-refractivity contribution in [1.29, 1.82) is 0 Å². The fourth-order valence-corrected chi connectivity index (χ4v) is 0.891. The van der Waals surface area contributed by atoms with Crippen LogP contribution in [0.5, 0.6) is 0 Å². The van der Waals surface area contributed by atoms with Crippen LogP contribution < -0.4 is 0 Å². The first-order valence-corrected chi connectivity index (χ1v) is 3.82. The minimum absolute atomic E-state index is 0.288. The highest BCUT2D eigenvalue weighted by Gasteiger charge is 2.39. The molecular weight excluding hydrogens is 166 g/mol. The van der Waals surface area contributed by atoms with Gasteiger partial charge in [0, 0.05) is 6.42 Å². The van der Waals surface area contributed by atoms with Gasteiger partial charge in [0.05, 0.1) is 5.41 Å². The number of alkyl halides is 2. The molecule has 4 heteroatoms. The molecule has 0 aromatic rings. The van der Waals surface area contributed by atoms with Gasteiger partial charge in [-0.05, 0) is 12.8 Å². The summed E-state index contributed by atoms with van der Waals surface area (Å²) in [6.07, 6.45) is -3.14. The molecule has 1 unspecified atom stereocenters. The number of carbonyl (C=O) groups is 1. The molecule has 0 aromatic heterocycles. The maximum absolute atomic E-state index is 12.0. The molecule has 0 radical (unpaired) electrons. The quantitative estimate of drug-likeness (QED) is 0.721. The smallest absolute Gasteiger partial charge is 0.309 e. The van der Waals surface area contributed by atoms with Gasteiger partial charge in [-0.1, -0.05) is 13.8 Å². The topological polar surface area (TPSA) is 37.3 Å². The minimum atomic E-state index is -2.56. The second-order valence-corrected chi connectivity index (χ2v) is 3.47. The second kappa shape index (κ2) is 3.83. The molecule has 0 aliphatic heterocycles. The van der Waals surface area contributed by atoms with Crippen molar-refractivity contribution in [2.75, 3.05) is 0 Å². The highest BCUT2D eigenvalue weighted by atomic mass is 19.3. The summed E-state index contributed by atoms with van der Waals surface area (Å²) in [5.41, 5.74) is -1.31. The molecule has 0 heterocycles. The van der Waals surface area contributed by atoms with Gasteiger partial charge in [0.1, 0.15) is 0 Å². The van der Waals surface area contributed by atoms with Gasteiger partial charge in [0.15, 0.2) is 0 Å². The highest BCUT2D eigenvalue weighted by molar-refractivity contribution is 5.74. The van der Waals surface area contributed by atoms with E-state index in [9.17, 15) is 13.6 Å². The Kier molecular flexibility index (Phi) is 3.61. The molecule has 1 atom stereocenters. The maximum Gasteiger partial charge on any atom is 0.309 e. The number of hydrogen-bond acceptors (Lipinski definition) is 1. The van der Waals surface area contributed by atoms with Gasteiger partial charge in [0.25, 0.3) is 0 Å². The molecule has 0 rings (SSSR count). The first-order chi connectivity index (χ1) is 5.30. The van der Waals surface area contributed by atoms with Crippen LogP contribution in [-0.4, -0.2) is 17.5 Å². The molecule has 0 aliphatic rings. The van der Waals surface area contributed by atoms with E-state index in [0.717, 1.165) is 0 Å². The van der Waals surface area contributed by atoms with Gasteiger partial charge in [-0.3, -0.25) is 4.79 Å². The van der Waals surface area contributed by atoms with Crippen LogP contribution in [0.15, 0.2) is 0 Å². The SMILES string of the molecule is CC(C)C(C)(CC(F)F)C(=O)O. The molecule has 0 spiro atoms. The first kappa shape index (κ1) is 11.3. The molecule has 0 bridgehead atoms. The average molecular weight is 180 g/mol. The van der Waals surface area contributed by atoms with E-state index in [2.05, 4.69) is 0 Å². The van der Waals surface area contributed by atoms with Crippen LogP contribution in [0.3, 0.4) is 0 Å². The van der Waals surface area contributed by atoms with Crippen molar-refractivity contribution in [3.63, 3.8) is 0 Å². The van der Waals surface area contributed by atoms with E-state index in [4.69, 9.17) is 5.11 Å². The van der Waals surface area contributed by atoms with Gasteiger partial charge in [0.2, 0.25) is 6.43 Å². The third kappa shape index (κ3) is 2.43. The second-order valence-electron chi connectivity index (χ2n) is 3.47. The zero-order chi connectivity index (χ0) is 9.94. The Morgan fingerprint density at radius 2 is 1.92 bits per heavy atom. The van der Waals surface area contributed by atoms with Crippen LogP contribution in [0.1, 0.15) is 27.2 Å². The first-order valence-electron chi connectivity index (χ1n) is 3.82. The van der Waals surface area contributed by atoms with Crippen LogP contribution in [0.4, 0.5) is 8.78 Å². The number of halogens is 2. The van der Waals surface area contributed by atoms with Crippen molar-refractivity contribution < 1.29 is 18.7 Å². The zero-order valence-electron chi connectivity index (χ0n) is 7.47. The molecule has 0 amide bonds. The van der Waals surface area contributed by atoms with E-state index in [-0.39, 0.29) is 5.92 Å². The monoisotopic (exact) mass is 180 g/mol. The number of rotatable bonds is 4. The molecule has 0 saturated carbocycles. The van der Waals surface area contributed by atoms with Crippen molar-refractivity contribution >= 4 is 5.97 Å². The Hall–Kier alpha value is -0.670. The van der Waals surface area contributed by atoms with Crippen molar-refractivity contribution in [2.24, 2.45) is 11.3 Å². The number of aliphatic carboxylic acids is 1. The summed E-state index contributed by atoms with van der Waals surface area (Å²) in [6, 6.07) is 0. The molecule has 0 aliphatic carbocycles. The van der Waals surface area contributed by atoms with E-state index < -0.39 is 24.2 Å². The Morgan fingerprint density at radius 3 is 2.00 bits per heavy atom. The Labute approximate surface area is 70.6 Å². The van der Waals surface area contributed by atoms with Crippen LogP contribution in [0, 0.1) is 11.3 Å². The molecule has 12 heavy (non-hydrogen) atoms. The number of carboxylic acid groups (broad SMARTS) is 1. The third-order valence-electron chi connectivity index (χ3n) is 2.34. The fourth-order valence-electron chi connectivity index (χ4n) is 0.891. The van der Waals surface area contributed by atoms with Gasteiger partial charge in [-0.25, -0.2) is 8.78 Å². The standard InChI is InChI=1S/C8H14F2O2/c1-5(2)8(3,7(11)12)4-6(9)10/h5-6H,4H2,1-3H3,(H,11,12). The molecule has 0 fully saturated rings. The summed E-state index contributed by atoms with van der Waals surface area (Å²) in [6.45, 7) is 4.62. The minimum Gasteiger partial charge on any atom is -0.481 e.